The molecule has 0 aliphatic heterocycles. The number of anilines is 1. The summed E-state index contributed by atoms with van der Waals surface area (Å²) in [6.07, 6.45) is 1.04. The Kier molecular flexibility index (Phi) is 6.69. The van der Waals surface area contributed by atoms with Gasteiger partial charge in [0.1, 0.15) is 5.82 Å². The number of hydrogen-bond donors (Lipinski definition) is 1. The highest BCUT2D eigenvalue weighted by molar-refractivity contribution is 5.91. The van der Waals surface area contributed by atoms with E-state index in [2.05, 4.69) is 5.32 Å². The largest absolute Gasteiger partial charge is 0.338 e. The molecule has 2 rings (SSSR count). The summed E-state index contributed by atoms with van der Waals surface area (Å²) in [5.41, 5.74) is 2.71. The molecule has 2 amide bonds. The standard InChI is InChI=1S/C20H23FN2O2/c1-3-17-6-4-5-7-19(17)22-20(25)12-13-23(15(2)24)14-16-8-10-18(21)11-9-16/h4-11H,3,12-14H2,1-2H3,(H,22,25). The zero-order valence-corrected chi connectivity index (χ0v) is 14.6. The van der Waals surface area contributed by atoms with Crippen LogP contribution in [0, 0.1) is 5.82 Å². The molecule has 2 aromatic carbocycles. The lowest BCUT2D eigenvalue weighted by Crippen LogP contribution is -2.31. The molecule has 0 atom stereocenters. The smallest absolute Gasteiger partial charge is 0.226 e. The van der Waals surface area contributed by atoms with E-state index in [-0.39, 0.29) is 24.1 Å². The highest BCUT2D eigenvalue weighted by Crippen LogP contribution is 2.16. The molecule has 0 saturated carbocycles. The van der Waals surface area contributed by atoms with Gasteiger partial charge in [0.2, 0.25) is 11.8 Å². The van der Waals surface area contributed by atoms with Crippen LogP contribution < -0.4 is 5.32 Å². The van der Waals surface area contributed by atoms with Gasteiger partial charge in [-0.15, -0.1) is 0 Å². The van der Waals surface area contributed by atoms with Gasteiger partial charge in [-0.05, 0) is 35.7 Å². The SMILES string of the molecule is CCc1ccccc1NC(=O)CCN(Cc1ccc(F)cc1)C(C)=O. The lowest BCUT2D eigenvalue weighted by Gasteiger charge is -2.21. The van der Waals surface area contributed by atoms with Crippen LogP contribution in [0.3, 0.4) is 0 Å². The summed E-state index contributed by atoms with van der Waals surface area (Å²) in [4.78, 5) is 25.6. The van der Waals surface area contributed by atoms with Crippen molar-refractivity contribution >= 4 is 17.5 Å². The van der Waals surface area contributed by atoms with Crippen LogP contribution in [0.4, 0.5) is 10.1 Å². The van der Waals surface area contributed by atoms with Crippen LogP contribution in [-0.4, -0.2) is 23.3 Å². The van der Waals surface area contributed by atoms with Crippen molar-refractivity contribution in [2.24, 2.45) is 0 Å². The molecular weight excluding hydrogens is 319 g/mol. The van der Waals surface area contributed by atoms with Crippen LogP contribution in [0.5, 0.6) is 0 Å². The maximum atomic E-state index is 13.0. The quantitative estimate of drug-likeness (QED) is 0.833. The van der Waals surface area contributed by atoms with Crippen LogP contribution in [0.1, 0.15) is 31.4 Å². The second-order valence-corrected chi connectivity index (χ2v) is 5.88. The van der Waals surface area contributed by atoms with Crippen molar-refractivity contribution in [1.82, 2.24) is 4.90 Å². The monoisotopic (exact) mass is 342 g/mol. The van der Waals surface area contributed by atoms with Crippen molar-refractivity contribution in [3.63, 3.8) is 0 Å². The molecule has 0 saturated heterocycles. The third-order valence-electron chi connectivity index (χ3n) is 4.01. The van der Waals surface area contributed by atoms with E-state index in [9.17, 15) is 14.0 Å². The van der Waals surface area contributed by atoms with Gasteiger partial charge in [-0.3, -0.25) is 9.59 Å². The molecule has 0 unspecified atom stereocenters. The first-order valence-electron chi connectivity index (χ1n) is 8.37. The summed E-state index contributed by atoms with van der Waals surface area (Å²) in [6.45, 7) is 4.17. The zero-order valence-electron chi connectivity index (χ0n) is 14.6. The van der Waals surface area contributed by atoms with Gasteiger partial charge < -0.3 is 10.2 Å². The van der Waals surface area contributed by atoms with E-state index in [0.717, 1.165) is 23.2 Å². The van der Waals surface area contributed by atoms with E-state index in [0.29, 0.717) is 13.1 Å². The van der Waals surface area contributed by atoms with Crippen LogP contribution >= 0.6 is 0 Å². The number of nitrogens with one attached hydrogen (secondary N) is 1. The number of carbonyl (C=O) groups is 2. The minimum absolute atomic E-state index is 0.119. The van der Waals surface area contributed by atoms with E-state index >= 15 is 0 Å². The maximum Gasteiger partial charge on any atom is 0.226 e. The molecule has 0 aromatic heterocycles. The Morgan fingerprint density at radius 1 is 1.08 bits per heavy atom. The normalized spacial score (nSPS) is 10.4. The Bertz CT molecular complexity index is 729. The molecule has 25 heavy (non-hydrogen) atoms. The molecule has 0 spiro atoms. The molecule has 2 aromatic rings. The Balaban J connectivity index is 1.93. The van der Waals surface area contributed by atoms with Gasteiger partial charge in [-0.25, -0.2) is 4.39 Å². The summed E-state index contributed by atoms with van der Waals surface area (Å²) in [7, 11) is 0. The second-order valence-electron chi connectivity index (χ2n) is 5.88. The molecule has 0 fully saturated rings. The summed E-state index contributed by atoms with van der Waals surface area (Å²) >= 11 is 0. The van der Waals surface area contributed by atoms with Crippen LogP contribution in [0.15, 0.2) is 48.5 Å². The number of benzene rings is 2. The number of hydrogen-bond acceptors (Lipinski definition) is 2. The fourth-order valence-corrected chi connectivity index (χ4v) is 2.56. The topological polar surface area (TPSA) is 49.4 Å². The molecule has 0 heterocycles. The zero-order chi connectivity index (χ0) is 18.2. The number of halogens is 1. The van der Waals surface area contributed by atoms with Crippen molar-refractivity contribution < 1.29 is 14.0 Å². The summed E-state index contributed by atoms with van der Waals surface area (Å²) in [5.74, 6) is -0.565. The van der Waals surface area contributed by atoms with E-state index in [1.807, 2.05) is 31.2 Å². The first-order valence-corrected chi connectivity index (χ1v) is 8.37. The predicted molar refractivity (Wildman–Crippen MR) is 96.6 cm³/mol. The molecule has 0 radical (unpaired) electrons. The number of para-hydroxylation sites is 1. The molecule has 0 bridgehead atoms. The van der Waals surface area contributed by atoms with Gasteiger partial charge in [0.15, 0.2) is 0 Å². The first kappa shape index (κ1) is 18.6. The van der Waals surface area contributed by atoms with Gasteiger partial charge in [0.25, 0.3) is 0 Å². The number of rotatable bonds is 7. The Morgan fingerprint density at radius 3 is 2.40 bits per heavy atom. The number of amides is 2. The van der Waals surface area contributed by atoms with E-state index < -0.39 is 0 Å². The molecule has 0 aliphatic rings. The first-order chi connectivity index (χ1) is 12.0. The van der Waals surface area contributed by atoms with Gasteiger partial charge in [0, 0.05) is 32.1 Å². The lowest BCUT2D eigenvalue weighted by atomic mass is 10.1. The van der Waals surface area contributed by atoms with Crippen molar-refractivity contribution in [3.8, 4) is 0 Å². The van der Waals surface area contributed by atoms with E-state index in [1.165, 1.54) is 19.1 Å². The molecular formula is C20H23FN2O2. The van der Waals surface area contributed by atoms with Crippen LogP contribution in [0.2, 0.25) is 0 Å². The number of carbonyl (C=O) groups excluding carboxylic acids is 2. The van der Waals surface area contributed by atoms with Crippen molar-refractivity contribution in [2.75, 3.05) is 11.9 Å². The highest BCUT2D eigenvalue weighted by atomic mass is 19.1. The molecule has 1 N–H and O–H groups in total. The van der Waals surface area contributed by atoms with Crippen molar-refractivity contribution in [2.45, 2.75) is 33.2 Å². The van der Waals surface area contributed by atoms with Gasteiger partial charge in [0.05, 0.1) is 0 Å². The minimum atomic E-state index is -0.313. The van der Waals surface area contributed by atoms with Crippen LogP contribution in [-0.2, 0) is 22.6 Å². The fourth-order valence-electron chi connectivity index (χ4n) is 2.56. The molecule has 0 aliphatic carbocycles. The lowest BCUT2D eigenvalue weighted by molar-refractivity contribution is -0.129. The predicted octanol–water partition coefficient (Wildman–Crippen LogP) is 3.77. The fraction of sp³-hybridized carbons (Fsp3) is 0.300. The van der Waals surface area contributed by atoms with Crippen molar-refractivity contribution in [1.29, 1.82) is 0 Å². The van der Waals surface area contributed by atoms with Gasteiger partial charge in [-0.2, -0.15) is 0 Å². The second kappa shape index (κ2) is 8.97. The summed E-state index contributed by atoms with van der Waals surface area (Å²) < 4.78 is 13.0. The Morgan fingerprint density at radius 2 is 1.76 bits per heavy atom. The third kappa shape index (κ3) is 5.71. The Hall–Kier alpha value is -2.69. The third-order valence-corrected chi connectivity index (χ3v) is 4.01. The summed E-state index contributed by atoms with van der Waals surface area (Å²) in [6, 6.07) is 13.7. The van der Waals surface area contributed by atoms with E-state index in [1.54, 1.807) is 17.0 Å². The van der Waals surface area contributed by atoms with Crippen LogP contribution in [0.25, 0.3) is 0 Å². The van der Waals surface area contributed by atoms with Gasteiger partial charge >= 0.3 is 0 Å². The maximum absolute atomic E-state index is 13.0. The van der Waals surface area contributed by atoms with Crippen molar-refractivity contribution in [3.05, 3.63) is 65.5 Å². The number of aryl methyl sites for hydroxylation is 1. The molecule has 5 heteroatoms. The highest BCUT2D eigenvalue weighted by Gasteiger charge is 2.13. The molecule has 132 valence electrons. The summed E-state index contributed by atoms with van der Waals surface area (Å²) in [5, 5.41) is 2.90. The average Bonchev–Trinajstić information content (AvgIpc) is 2.60. The average molecular weight is 342 g/mol. The van der Waals surface area contributed by atoms with E-state index in [4.69, 9.17) is 0 Å². The number of nitrogens with zero attached hydrogens (tertiary/aromatic N) is 1. The van der Waals surface area contributed by atoms with Gasteiger partial charge in [-0.1, -0.05) is 37.3 Å². The molecule has 4 nitrogen and oxygen atoms in total. The Labute approximate surface area is 147 Å². The minimum Gasteiger partial charge on any atom is -0.338 e.